The Kier molecular flexibility index (Phi) is 7.15. The fourth-order valence-corrected chi connectivity index (χ4v) is 2.58. The predicted molar refractivity (Wildman–Crippen MR) is 98.8 cm³/mol. The number of hydrogen-bond donors (Lipinski definition) is 3. The summed E-state index contributed by atoms with van der Waals surface area (Å²) in [6, 6.07) is 7.34. The van der Waals surface area contributed by atoms with Gasteiger partial charge in [0.1, 0.15) is 5.75 Å². The fraction of sp³-hybridized carbons (Fsp3) is 0.312. The summed E-state index contributed by atoms with van der Waals surface area (Å²) in [7, 11) is 0. The number of hydrazone groups is 1. The van der Waals surface area contributed by atoms with E-state index >= 15 is 0 Å². The van der Waals surface area contributed by atoms with Gasteiger partial charge in [-0.25, -0.2) is 15.3 Å². The lowest BCUT2D eigenvalue weighted by Crippen LogP contribution is -2.30. The third-order valence-corrected chi connectivity index (χ3v) is 4.16. The second-order valence-electron chi connectivity index (χ2n) is 5.19. The number of para-hydroxylation sites is 1. The van der Waals surface area contributed by atoms with Crippen molar-refractivity contribution < 1.29 is 9.53 Å². The number of nitrogens with one attached hydrogen (secondary N) is 3. The highest BCUT2D eigenvalue weighted by atomic mass is 32.2. The number of carbonyl (C=O) groups is 1. The molecule has 0 fully saturated rings. The van der Waals surface area contributed by atoms with Crippen molar-refractivity contribution in [3.05, 3.63) is 50.7 Å². The van der Waals surface area contributed by atoms with Crippen LogP contribution in [0.1, 0.15) is 25.8 Å². The van der Waals surface area contributed by atoms with Gasteiger partial charge in [-0.1, -0.05) is 30.8 Å². The van der Waals surface area contributed by atoms with Gasteiger partial charge in [-0.05, 0) is 25.5 Å². The Labute approximate surface area is 153 Å². The first-order chi connectivity index (χ1) is 12.5. The normalized spacial score (nSPS) is 12.1. The third kappa shape index (κ3) is 5.59. The Bertz CT molecular complexity index is 892. The zero-order valence-corrected chi connectivity index (χ0v) is 15.1. The molecule has 2 aromatic rings. The topological polar surface area (TPSA) is 129 Å². The summed E-state index contributed by atoms with van der Waals surface area (Å²) in [4.78, 5) is 36.7. The van der Waals surface area contributed by atoms with Gasteiger partial charge in [0.25, 0.3) is 11.5 Å². The van der Waals surface area contributed by atoms with Crippen LogP contribution in [0.3, 0.4) is 0 Å². The average molecular weight is 377 g/mol. The van der Waals surface area contributed by atoms with E-state index in [9.17, 15) is 14.4 Å². The number of amides is 1. The number of benzene rings is 1. The molecule has 1 amide bonds. The number of hydrogen-bond acceptors (Lipinski definition) is 7. The molecule has 1 heterocycles. The zero-order valence-electron chi connectivity index (χ0n) is 14.3. The summed E-state index contributed by atoms with van der Waals surface area (Å²) in [6.45, 7) is 4.20. The molecule has 9 nitrogen and oxygen atoms in total. The number of nitrogens with zero attached hydrogens (tertiary/aromatic N) is 2. The molecule has 0 spiro atoms. The molecule has 0 aliphatic carbocycles. The predicted octanol–water partition coefficient (Wildman–Crippen LogP) is 0.878. The van der Waals surface area contributed by atoms with Gasteiger partial charge >= 0.3 is 5.69 Å². The molecule has 3 N–H and O–H groups in total. The average Bonchev–Trinajstić information content (AvgIpc) is 2.63. The van der Waals surface area contributed by atoms with Crippen molar-refractivity contribution in [1.82, 2.24) is 20.6 Å². The highest BCUT2D eigenvalue weighted by molar-refractivity contribution is 8.00. The maximum absolute atomic E-state index is 12.1. The number of rotatable bonds is 8. The molecule has 0 bridgehead atoms. The molecule has 0 saturated carbocycles. The molecule has 1 aromatic heterocycles. The molecule has 2 rings (SSSR count). The maximum Gasteiger partial charge on any atom is 0.342 e. The largest absolute Gasteiger partial charge is 0.493 e. The van der Waals surface area contributed by atoms with E-state index in [1.807, 2.05) is 36.2 Å². The number of aromatic amines is 2. The van der Waals surface area contributed by atoms with Crippen molar-refractivity contribution in [1.29, 1.82) is 0 Å². The van der Waals surface area contributed by atoms with Crippen LogP contribution in [0.2, 0.25) is 0 Å². The molecule has 26 heavy (non-hydrogen) atoms. The summed E-state index contributed by atoms with van der Waals surface area (Å²) in [5.41, 5.74) is 1.79. The maximum atomic E-state index is 12.1. The summed E-state index contributed by atoms with van der Waals surface area (Å²) in [6.07, 6.45) is 2.38. The van der Waals surface area contributed by atoms with Gasteiger partial charge in [0.05, 0.1) is 18.1 Å². The van der Waals surface area contributed by atoms with Gasteiger partial charge in [-0.2, -0.15) is 10.2 Å². The van der Waals surface area contributed by atoms with Crippen molar-refractivity contribution >= 4 is 23.9 Å². The Hall–Kier alpha value is -2.88. The van der Waals surface area contributed by atoms with Crippen LogP contribution in [0.15, 0.2) is 44.0 Å². The minimum Gasteiger partial charge on any atom is -0.493 e. The Balaban J connectivity index is 1.96. The van der Waals surface area contributed by atoms with Crippen molar-refractivity contribution in [2.45, 2.75) is 30.5 Å². The highest BCUT2D eigenvalue weighted by Gasteiger charge is 2.17. The second-order valence-corrected chi connectivity index (χ2v) is 6.52. The van der Waals surface area contributed by atoms with E-state index in [0.717, 1.165) is 23.7 Å². The van der Waals surface area contributed by atoms with E-state index < -0.39 is 22.4 Å². The SMILES string of the molecule is CCCOc1ccccc1/C=N/NC(=O)C(C)Sc1n[nH]c(=O)[nH]c1=O. The molecule has 1 unspecified atom stereocenters. The minimum absolute atomic E-state index is 0.00505. The van der Waals surface area contributed by atoms with E-state index in [1.165, 1.54) is 6.21 Å². The van der Waals surface area contributed by atoms with E-state index in [-0.39, 0.29) is 5.03 Å². The Morgan fingerprint density at radius 2 is 2.19 bits per heavy atom. The quantitative estimate of drug-likeness (QED) is 0.356. The molecule has 10 heteroatoms. The van der Waals surface area contributed by atoms with Crippen molar-refractivity contribution in [2.24, 2.45) is 5.10 Å². The van der Waals surface area contributed by atoms with Crippen LogP contribution in [-0.4, -0.2) is 39.2 Å². The molecule has 0 aliphatic heterocycles. The number of carbonyl (C=O) groups excluding carboxylic acids is 1. The van der Waals surface area contributed by atoms with E-state index in [2.05, 4.69) is 20.7 Å². The molecular weight excluding hydrogens is 358 g/mol. The van der Waals surface area contributed by atoms with Crippen LogP contribution < -0.4 is 21.4 Å². The van der Waals surface area contributed by atoms with Gasteiger partial charge in [0.15, 0.2) is 5.03 Å². The summed E-state index contributed by atoms with van der Waals surface area (Å²) in [5, 5.41) is 9.01. The number of H-pyrrole nitrogens is 2. The first kappa shape index (κ1) is 19.4. The van der Waals surface area contributed by atoms with Gasteiger partial charge in [0.2, 0.25) is 0 Å². The molecule has 1 atom stereocenters. The summed E-state index contributed by atoms with van der Waals surface area (Å²) in [5.74, 6) is 0.268. The van der Waals surface area contributed by atoms with E-state index in [1.54, 1.807) is 6.92 Å². The summed E-state index contributed by atoms with van der Waals surface area (Å²) < 4.78 is 5.61. The smallest absolute Gasteiger partial charge is 0.342 e. The molecule has 1 aromatic carbocycles. The highest BCUT2D eigenvalue weighted by Crippen LogP contribution is 2.17. The minimum atomic E-state index is -0.704. The molecule has 138 valence electrons. The Morgan fingerprint density at radius 1 is 1.42 bits per heavy atom. The zero-order chi connectivity index (χ0) is 18.9. The Morgan fingerprint density at radius 3 is 2.92 bits per heavy atom. The van der Waals surface area contributed by atoms with Crippen molar-refractivity contribution in [3.63, 3.8) is 0 Å². The summed E-state index contributed by atoms with van der Waals surface area (Å²) >= 11 is 0.912. The molecule has 0 saturated heterocycles. The first-order valence-electron chi connectivity index (χ1n) is 7.91. The second kappa shape index (κ2) is 9.56. The van der Waals surface area contributed by atoms with E-state index in [4.69, 9.17) is 4.74 Å². The fourth-order valence-electron chi connectivity index (χ4n) is 1.82. The van der Waals surface area contributed by atoms with Gasteiger partial charge in [-0.3, -0.25) is 14.6 Å². The van der Waals surface area contributed by atoms with Gasteiger partial charge in [0, 0.05) is 5.56 Å². The van der Waals surface area contributed by atoms with Crippen molar-refractivity contribution in [2.75, 3.05) is 6.61 Å². The molecular formula is C16H19N5O4S. The third-order valence-electron chi connectivity index (χ3n) is 3.10. The van der Waals surface area contributed by atoms with Crippen LogP contribution in [0.4, 0.5) is 0 Å². The number of ether oxygens (including phenoxy) is 1. The van der Waals surface area contributed by atoms with Crippen LogP contribution >= 0.6 is 11.8 Å². The van der Waals surface area contributed by atoms with Crippen LogP contribution in [-0.2, 0) is 4.79 Å². The van der Waals surface area contributed by atoms with E-state index in [0.29, 0.717) is 12.4 Å². The van der Waals surface area contributed by atoms with Crippen LogP contribution in [0, 0.1) is 0 Å². The lowest BCUT2D eigenvalue weighted by Gasteiger charge is -2.09. The molecule has 0 aliphatic rings. The standard InChI is InChI=1S/C16H19N5O4S/c1-3-8-25-12-7-5-4-6-11(12)9-17-19-13(22)10(2)26-15-14(23)18-16(24)21-20-15/h4-7,9-10H,3,8H2,1-2H3,(H,19,22)(H2,18,21,23,24)/b17-9+. The monoisotopic (exact) mass is 377 g/mol. The first-order valence-corrected chi connectivity index (χ1v) is 8.79. The van der Waals surface area contributed by atoms with Crippen LogP contribution in [0.5, 0.6) is 5.75 Å². The lowest BCUT2D eigenvalue weighted by molar-refractivity contribution is -0.120. The lowest BCUT2D eigenvalue weighted by atomic mass is 10.2. The van der Waals surface area contributed by atoms with Gasteiger partial charge < -0.3 is 4.74 Å². The number of aromatic nitrogens is 3. The molecule has 0 radical (unpaired) electrons. The van der Waals surface area contributed by atoms with Gasteiger partial charge in [-0.15, -0.1) is 0 Å². The van der Waals surface area contributed by atoms with Crippen molar-refractivity contribution in [3.8, 4) is 5.75 Å². The van der Waals surface area contributed by atoms with Crippen LogP contribution in [0.25, 0.3) is 0 Å². The number of thioether (sulfide) groups is 1.